The number of furan rings is 1. The van der Waals surface area contributed by atoms with Gasteiger partial charge in [-0.25, -0.2) is 0 Å². The molecule has 1 amide bonds. The average molecular weight is 357 g/mol. The fourth-order valence-corrected chi connectivity index (χ4v) is 4.02. The molecule has 2 aromatic heterocycles. The van der Waals surface area contributed by atoms with Crippen molar-refractivity contribution >= 4 is 5.91 Å². The topological polar surface area (TPSA) is 76.2 Å². The third-order valence-corrected chi connectivity index (χ3v) is 5.44. The average Bonchev–Trinajstić information content (AvgIpc) is 3.24. The summed E-state index contributed by atoms with van der Waals surface area (Å²) in [7, 11) is 0. The molecule has 140 valence electrons. The van der Waals surface area contributed by atoms with E-state index < -0.39 is 0 Å². The van der Waals surface area contributed by atoms with E-state index in [-0.39, 0.29) is 11.8 Å². The van der Waals surface area contributed by atoms with Crippen molar-refractivity contribution in [2.45, 2.75) is 58.2 Å². The van der Waals surface area contributed by atoms with E-state index in [1.54, 1.807) is 6.26 Å². The number of carbonyl (C=O) groups is 1. The van der Waals surface area contributed by atoms with Gasteiger partial charge in [0.25, 0.3) is 0 Å². The van der Waals surface area contributed by atoms with Crippen LogP contribution in [0.4, 0.5) is 0 Å². The monoisotopic (exact) mass is 357 g/mol. The Morgan fingerprint density at radius 2 is 2.19 bits per heavy atom. The van der Waals surface area contributed by atoms with Gasteiger partial charge in [0, 0.05) is 19.5 Å². The summed E-state index contributed by atoms with van der Waals surface area (Å²) < 4.78 is 7.62. The van der Waals surface area contributed by atoms with E-state index in [9.17, 15) is 4.79 Å². The smallest absolute Gasteiger partial charge is 0.224 e. The molecule has 2 aromatic rings. The summed E-state index contributed by atoms with van der Waals surface area (Å²) >= 11 is 0. The summed E-state index contributed by atoms with van der Waals surface area (Å²) in [5.41, 5.74) is 0. The van der Waals surface area contributed by atoms with Crippen LogP contribution >= 0.6 is 0 Å². The quantitative estimate of drug-likeness (QED) is 0.887. The summed E-state index contributed by atoms with van der Waals surface area (Å²) in [6.07, 6.45) is 8.25. The number of amides is 1. The Bertz CT molecular complexity index is 724. The van der Waals surface area contributed by atoms with Crippen LogP contribution in [0.15, 0.2) is 22.8 Å². The van der Waals surface area contributed by atoms with Crippen molar-refractivity contribution in [3.05, 3.63) is 35.8 Å². The third kappa shape index (κ3) is 3.98. The molecule has 0 unspecified atom stereocenters. The van der Waals surface area contributed by atoms with Gasteiger partial charge < -0.3 is 14.3 Å². The Hall–Kier alpha value is -2.15. The normalized spacial score (nSPS) is 21.2. The van der Waals surface area contributed by atoms with Crippen molar-refractivity contribution in [2.75, 3.05) is 13.1 Å². The van der Waals surface area contributed by atoms with E-state index in [0.717, 1.165) is 69.3 Å². The Kier molecular flexibility index (Phi) is 5.34. The van der Waals surface area contributed by atoms with Gasteiger partial charge in [-0.3, -0.25) is 9.69 Å². The van der Waals surface area contributed by atoms with Gasteiger partial charge in [0.15, 0.2) is 5.82 Å². The van der Waals surface area contributed by atoms with Crippen molar-refractivity contribution in [3.8, 4) is 0 Å². The van der Waals surface area contributed by atoms with Gasteiger partial charge in [0.05, 0.1) is 25.3 Å². The first-order valence-electron chi connectivity index (χ1n) is 9.73. The molecule has 0 saturated carbocycles. The SMILES string of the molecule is O=C(NCc1nnc2n1CCCCC2)[C@@H]1CCCN(Cc2ccco2)C1. The number of nitrogens with zero attached hydrogens (tertiary/aromatic N) is 4. The Morgan fingerprint density at radius 1 is 1.23 bits per heavy atom. The van der Waals surface area contributed by atoms with E-state index in [1.807, 2.05) is 12.1 Å². The maximum atomic E-state index is 12.7. The van der Waals surface area contributed by atoms with Gasteiger partial charge in [-0.1, -0.05) is 6.42 Å². The molecule has 26 heavy (non-hydrogen) atoms. The lowest BCUT2D eigenvalue weighted by atomic mass is 9.97. The first-order valence-corrected chi connectivity index (χ1v) is 9.73. The minimum Gasteiger partial charge on any atom is -0.468 e. The number of aryl methyl sites for hydroxylation is 1. The van der Waals surface area contributed by atoms with Gasteiger partial charge in [-0.2, -0.15) is 0 Å². The van der Waals surface area contributed by atoms with Crippen molar-refractivity contribution in [1.82, 2.24) is 25.0 Å². The lowest BCUT2D eigenvalue weighted by Gasteiger charge is -2.31. The summed E-state index contributed by atoms with van der Waals surface area (Å²) in [5.74, 6) is 3.06. The number of carbonyl (C=O) groups excluding carboxylic acids is 1. The van der Waals surface area contributed by atoms with Crippen LogP contribution in [0.25, 0.3) is 0 Å². The molecular formula is C19H27N5O2. The summed E-state index contributed by atoms with van der Waals surface area (Å²) in [6, 6.07) is 3.89. The van der Waals surface area contributed by atoms with Crippen LogP contribution in [-0.2, 0) is 30.8 Å². The van der Waals surface area contributed by atoms with E-state index in [1.165, 1.54) is 12.8 Å². The number of fused-ring (bicyclic) bond motifs is 1. The van der Waals surface area contributed by atoms with Gasteiger partial charge in [0.2, 0.25) is 5.91 Å². The highest BCUT2D eigenvalue weighted by Crippen LogP contribution is 2.19. The molecule has 0 radical (unpaired) electrons. The Labute approximate surface area is 153 Å². The molecule has 1 atom stereocenters. The molecule has 1 N–H and O–H groups in total. The standard InChI is InChI=1S/C19H27N5O2/c25-19(15-6-4-9-23(13-15)14-16-7-5-11-26-16)20-12-18-22-21-17-8-2-1-3-10-24(17)18/h5,7,11,15H,1-4,6,8-10,12-14H2,(H,20,25)/t15-/m1/s1. The second-order valence-corrected chi connectivity index (χ2v) is 7.37. The van der Waals surface area contributed by atoms with Crippen LogP contribution in [-0.4, -0.2) is 38.7 Å². The minimum atomic E-state index is 0.0326. The van der Waals surface area contributed by atoms with Gasteiger partial charge in [-0.15, -0.1) is 10.2 Å². The Balaban J connectivity index is 1.31. The summed E-state index contributed by atoms with van der Waals surface area (Å²) in [6.45, 7) is 4.01. The first kappa shape index (κ1) is 17.3. The van der Waals surface area contributed by atoms with Crippen LogP contribution in [0.2, 0.25) is 0 Å². The zero-order chi connectivity index (χ0) is 17.8. The molecule has 0 aliphatic carbocycles. The highest BCUT2D eigenvalue weighted by atomic mass is 16.3. The number of likely N-dealkylation sites (tertiary alicyclic amines) is 1. The highest BCUT2D eigenvalue weighted by Gasteiger charge is 2.26. The Morgan fingerprint density at radius 3 is 3.08 bits per heavy atom. The highest BCUT2D eigenvalue weighted by molar-refractivity contribution is 5.78. The largest absolute Gasteiger partial charge is 0.468 e. The second-order valence-electron chi connectivity index (χ2n) is 7.37. The van der Waals surface area contributed by atoms with Crippen molar-refractivity contribution in [1.29, 1.82) is 0 Å². The molecule has 0 bridgehead atoms. The molecule has 2 aliphatic rings. The van der Waals surface area contributed by atoms with E-state index in [0.29, 0.717) is 6.54 Å². The van der Waals surface area contributed by atoms with Crippen molar-refractivity contribution in [2.24, 2.45) is 5.92 Å². The van der Waals surface area contributed by atoms with Crippen LogP contribution in [0.5, 0.6) is 0 Å². The second kappa shape index (κ2) is 8.03. The van der Waals surface area contributed by atoms with Crippen molar-refractivity contribution < 1.29 is 9.21 Å². The number of nitrogens with one attached hydrogen (secondary N) is 1. The molecule has 4 rings (SSSR count). The molecule has 4 heterocycles. The predicted octanol–water partition coefficient (Wildman–Crippen LogP) is 2.13. The van der Waals surface area contributed by atoms with Gasteiger partial charge >= 0.3 is 0 Å². The predicted molar refractivity (Wildman–Crippen MR) is 96.1 cm³/mol. The van der Waals surface area contributed by atoms with Crippen LogP contribution < -0.4 is 5.32 Å². The summed E-state index contributed by atoms with van der Waals surface area (Å²) in [5, 5.41) is 11.7. The molecule has 7 nitrogen and oxygen atoms in total. The van der Waals surface area contributed by atoms with E-state index in [2.05, 4.69) is 25.0 Å². The number of hydrogen-bond acceptors (Lipinski definition) is 5. The fraction of sp³-hybridized carbons (Fsp3) is 0.632. The van der Waals surface area contributed by atoms with Crippen LogP contribution in [0, 0.1) is 5.92 Å². The van der Waals surface area contributed by atoms with Crippen LogP contribution in [0.3, 0.4) is 0 Å². The molecule has 2 aliphatic heterocycles. The molecular weight excluding hydrogens is 330 g/mol. The minimum absolute atomic E-state index is 0.0326. The number of aromatic nitrogens is 3. The maximum absolute atomic E-state index is 12.7. The van der Waals surface area contributed by atoms with Gasteiger partial charge in [-0.05, 0) is 44.4 Å². The number of hydrogen-bond donors (Lipinski definition) is 1. The van der Waals surface area contributed by atoms with Crippen molar-refractivity contribution in [3.63, 3.8) is 0 Å². The molecule has 7 heteroatoms. The number of piperidine rings is 1. The summed E-state index contributed by atoms with van der Waals surface area (Å²) in [4.78, 5) is 15.0. The first-order chi connectivity index (χ1) is 12.8. The van der Waals surface area contributed by atoms with E-state index >= 15 is 0 Å². The molecule has 0 spiro atoms. The fourth-order valence-electron chi connectivity index (χ4n) is 4.02. The molecule has 1 saturated heterocycles. The molecule has 1 fully saturated rings. The maximum Gasteiger partial charge on any atom is 0.224 e. The lowest BCUT2D eigenvalue weighted by molar-refractivity contribution is -0.127. The lowest BCUT2D eigenvalue weighted by Crippen LogP contribution is -2.42. The zero-order valence-corrected chi connectivity index (χ0v) is 15.2. The van der Waals surface area contributed by atoms with Crippen LogP contribution in [0.1, 0.15) is 49.5 Å². The van der Waals surface area contributed by atoms with Gasteiger partial charge in [0.1, 0.15) is 11.6 Å². The number of rotatable bonds is 5. The molecule has 0 aromatic carbocycles. The third-order valence-electron chi connectivity index (χ3n) is 5.44. The van der Waals surface area contributed by atoms with E-state index in [4.69, 9.17) is 4.42 Å². The zero-order valence-electron chi connectivity index (χ0n) is 15.2.